The summed E-state index contributed by atoms with van der Waals surface area (Å²) >= 11 is 0. The molecule has 8 heteroatoms. The van der Waals surface area contributed by atoms with Crippen molar-refractivity contribution in [2.75, 3.05) is 19.4 Å². The number of rotatable bonds is 4. The van der Waals surface area contributed by atoms with Gasteiger partial charge in [0.25, 0.3) is 0 Å². The van der Waals surface area contributed by atoms with E-state index in [-0.39, 0.29) is 18.3 Å². The van der Waals surface area contributed by atoms with Gasteiger partial charge in [0.2, 0.25) is 5.91 Å². The fourth-order valence-electron chi connectivity index (χ4n) is 3.60. The molecule has 0 aliphatic carbocycles. The van der Waals surface area contributed by atoms with E-state index < -0.39 is 5.60 Å². The summed E-state index contributed by atoms with van der Waals surface area (Å²) in [6.07, 6.45) is 4.95. The molecule has 32 heavy (non-hydrogen) atoms. The highest BCUT2D eigenvalue weighted by atomic mass is 35.5. The molecule has 1 amide bonds. The Balaban J connectivity index is 0.00000289. The average Bonchev–Trinajstić information content (AvgIpc) is 3.06. The first-order valence-corrected chi connectivity index (χ1v) is 10.1. The van der Waals surface area contributed by atoms with Crippen molar-refractivity contribution in [3.8, 4) is 5.75 Å². The highest BCUT2D eigenvalue weighted by Gasteiger charge is 2.33. The second-order valence-corrected chi connectivity index (χ2v) is 8.10. The van der Waals surface area contributed by atoms with Crippen molar-refractivity contribution in [2.45, 2.75) is 32.9 Å². The molecule has 1 N–H and O–H groups in total. The number of amides is 1. The van der Waals surface area contributed by atoms with Gasteiger partial charge in [0.05, 0.1) is 6.54 Å². The molecule has 0 bridgehead atoms. The van der Waals surface area contributed by atoms with Gasteiger partial charge in [-0.25, -0.2) is 4.98 Å². The Labute approximate surface area is 193 Å². The number of anilines is 1. The van der Waals surface area contributed by atoms with Crippen LogP contribution in [0.15, 0.2) is 52.0 Å². The van der Waals surface area contributed by atoms with Gasteiger partial charge in [0.1, 0.15) is 17.2 Å². The van der Waals surface area contributed by atoms with E-state index in [1.165, 1.54) is 6.08 Å². The molecule has 0 radical (unpaired) electrons. The number of aromatic nitrogens is 1. The fraction of sp³-hybridized carbons (Fsp3) is 0.292. The number of carbonyl (C=O) groups is 1. The maximum Gasteiger partial charge on any atom is 0.246 e. The van der Waals surface area contributed by atoms with E-state index in [0.717, 1.165) is 27.9 Å². The smallest absolute Gasteiger partial charge is 0.246 e. The normalized spacial score (nSPS) is 15.7. The molecule has 0 unspecified atom stereocenters. The highest BCUT2D eigenvalue weighted by Crippen LogP contribution is 2.33. The van der Waals surface area contributed by atoms with E-state index >= 15 is 0 Å². The number of aryl methyl sites for hydroxylation is 1. The van der Waals surface area contributed by atoms with Crippen LogP contribution < -0.4 is 10.1 Å². The lowest BCUT2D eigenvalue weighted by Crippen LogP contribution is -2.46. The minimum absolute atomic E-state index is 0. The molecule has 3 heterocycles. The lowest BCUT2D eigenvalue weighted by molar-refractivity contribution is -0.125. The summed E-state index contributed by atoms with van der Waals surface area (Å²) in [6.45, 7) is 6.28. The third-order valence-corrected chi connectivity index (χ3v) is 5.39. The minimum Gasteiger partial charge on any atom is -0.476 e. The van der Waals surface area contributed by atoms with Crippen LogP contribution in [0, 0.1) is 6.92 Å². The first-order valence-electron chi connectivity index (χ1n) is 10.1. The number of amidine groups is 1. The van der Waals surface area contributed by atoms with Gasteiger partial charge in [-0.3, -0.25) is 9.79 Å². The molecule has 1 aliphatic rings. The van der Waals surface area contributed by atoms with Gasteiger partial charge in [0, 0.05) is 37.3 Å². The minimum atomic E-state index is -0.577. The number of ether oxygens (including phenoxy) is 1. The van der Waals surface area contributed by atoms with Crippen molar-refractivity contribution in [2.24, 2.45) is 4.99 Å². The van der Waals surface area contributed by atoms with Gasteiger partial charge in [-0.1, -0.05) is 18.2 Å². The van der Waals surface area contributed by atoms with E-state index in [1.54, 1.807) is 31.3 Å². The Morgan fingerprint density at radius 1 is 1.31 bits per heavy atom. The Hall–Kier alpha value is -3.32. The fourth-order valence-corrected chi connectivity index (χ4v) is 3.60. The number of fused-ring (bicyclic) bond motifs is 2. The zero-order valence-electron chi connectivity index (χ0n) is 18.8. The van der Waals surface area contributed by atoms with Crippen LogP contribution in [0.3, 0.4) is 0 Å². The van der Waals surface area contributed by atoms with Crippen molar-refractivity contribution >= 4 is 47.0 Å². The molecule has 4 rings (SSSR count). The predicted octanol–water partition coefficient (Wildman–Crippen LogP) is 4.84. The van der Waals surface area contributed by atoms with Crippen LogP contribution in [0.2, 0.25) is 0 Å². The van der Waals surface area contributed by atoms with Gasteiger partial charge in [-0.15, -0.1) is 12.4 Å². The summed E-state index contributed by atoms with van der Waals surface area (Å²) in [5.74, 6) is 2.61. The molecule has 0 atom stereocenters. The number of likely N-dealkylation sites (N-methyl/N-ethyl adjacent to an activating group) is 1. The molecule has 1 aromatic carbocycles. The summed E-state index contributed by atoms with van der Waals surface area (Å²) < 4.78 is 12.0. The number of halogens is 1. The third-order valence-electron chi connectivity index (χ3n) is 5.39. The van der Waals surface area contributed by atoms with Gasteiger partial charge in [0.15, 0.2) is 17.2 Å². The highest BCUT2D eigenvalue weighted by molar-refractivity contribution is 6.03. The van der Waals surface area contributed by atoms with Gasteiger partial charge in [-0.2, -0.15) is 0 Å². The topological polar surface area (TPSA) is 80.0 Å². The maximum absolute atomic E-state index is 12.6. The second kappa shape index (κ2) is 9.04. The molecule has 3 aromatic rings. The van der Waals surface area contributed by atoms with Crippen molar-refractivity contribution in [1.29, 1.82) is 0 Å². The van der Waals surface area contributed by atoms with Crippen molar-refractivity contribution in [3.05, 3.63) is 59.5 Å². The monoisotopic (exact) mass is 454 g/mol. The van der Waals surface area contributed by atoms with Crippen LogP contribution in [0.1, 0.15) is 30.7 Å². The Morgan fingerprint density at radius 2 is 2.06 bits per heavy atom. The van der Waals surface area contributed by atoms with Crippen LogP contribution in [0.4, 0.5) is 5.82 Å². The third kappa shape index (κ3) is 4.48. The first-order chi connectivity index (χ1) is 14.8. The largest absolute Gasteiger partial charge is 0.476 e. The number of nitrogens with one attached hydrogen (secondary N) is 1. The molecule has 0 spiro atoms. The maximum atomic E-state index is 12.6. The van der Waals surface area contributed by atoms with E-state index in [0.29, 0.717) is 23.9 Å². The van der Waals surface area contributed by atoms with E-state index in [1.807, 2.05) is 51.1 Å². The molecule has 168 valence electrons. The van der Waals surface area contributed by atoms with Crippen LogP contribution in [-0.4, -0.2) is 41.3 Å². The molecule has 1 aliphatic heterocycles. The Kier molecular flexibility index (Phi) is 6.60. The Morgan fingerprint density at radius 3 is 2.78 bits per heavy atom. The van der Waals surface area contributed by atoms with Crippen molar-refractivity contribution in [3.63, 3.8) is 0 Å². The van der Waals surface area contributed by atoms with Gasteiger partial charge < -0.3 is 19.4 Å². The number of benzene rings is 1. The zero-order valence-corrected chi connectivity index (χ0v) is 19.6. The summed E-state index contributed by atoms with van der Waals surface area (Å²) in [5, 5.41) is 4.27. The number of pyridine rings is 1. The van der Waals surface area contributed by atoms with Crippen LogP contribution in [0.5, 0.6) is 5.75 Å². The average molecular weight is 455 g/mol. The number of furan rings is 1. The second-order valence-electron chi connectivity index (χ2n) is 8.10. The molecular weight excluding hydrogens is 428 g/mol. The summed E-state index contributed by atoms with van der Waals surface area (Å²) in [4.78, 5) is 22.9. The number of hydrogen-bond acceptors (Lipinski definition) is 5. The van der Waals surface area contributed by atoms with E-state index in [9.17, 15) is 4.79 Å². The SMILES string of the molecule is CN=C1Nc2ncc(C=CC(=O)N(C)Cc3oc4ccccc4c3C)cc2OC1(C)C.Cl. The number of carbonyl (C=O) groups excluding carboxylic acids is 1. The molecule has 2 aromatic heterocycles. The van der Waals surface area contributed by atoms with Crippen LogP contribution in [0.25, 0.3) is 17.0 Å². The van der Waals surface area contributed by atoms with Gasteiger partial charge >= 0.3 is 0 Å². The molecular formula is C24H27ClN4O3. The molecule has 0 saturated heterocycles. The first kappa shape index (κ1) is 23.3. The van der Waals surface area contributed by atoms with Gasteiger partial charge in [-0.05, 0) is 44.5 Å². The van der Waals surface area contributed by atoms with E-state index in [2.05, 4.69) is 15.3 Å². The Bertz CT molecular complexity index is 1210. The molecule has 7 nitrogen and oxygen atoms in total. The lowest BCUT2D eigenvalue weighted by atomic mass is 10.1. The summed E-state index contributed by atoms with van der Waals surface area (Å²) in [5.41, 5.74) is 2.08. The number of para-hydroxylation sites is 1. The number of aliphatic imine (C=N–C) groups is 1. The number of nitrogens with zero attached hydrogens (tertiary/aromatic N) is 3. The van der Waals surface area contributed by atoms with Crippen molar-refractivity contribution < 1.29 is 13.9 Å². The van der Waals surface area contributed by atoms with E-state index in [4.69, 9.17) is 9.15 Å². The predicted molar refractivity (Wildman–Crippen MR) is 130 cm³/mol. The summed E-state index contributed by atoms with van der Waals surface area (Å²) in [7, 11) is 3.47. The van der Waals surface area contributed by atoms with Crippen LogP contribution >= 0.6 is 12.4 Å². The standard InChI is InChI=1S/C24H26N4O3.ClH/c1-15-17-8-6-7-9-18(17)30-20(15)14-28(5)21(29)11-10-16-12-19-22(26-13-16)27-23(25-4)24(2,3)31-19;/h6-13H,14H2,1-5H3,(H,25,26,27);1H. The zero-order chi connectivity index (χ0) is 22.2. The molecule has 0 saturated carbocycles. The lowest BCUT2D eigenvalue weighted by Gasteiger charge is -2.33. The van der Waals surface area contributed by atoms with Crippen LogP contribution in [-0.2, 0) is 11.3 Å². The summed E-state index contributed by atoms with van der Waals surface area (Å²) in [6, 6.07) is 9.74. The van der Waals surface area contributed by atoms with Crippen molar-refractivity contribution in [1.82, 2.24) is 9.88 Å². The number of hydrogen-bond donors (Lipinski definition) is 1. The quantitative estimate of drug-likeness (QED) is 0.570. The molecule has 0 fully saturated rings.